The van der Waals surface area contributed by atoms with Gasteiger partial charge in [-0.2, -0.15) is 0 Å². The molecular weight excluding hydrogens is 326 g/mol. The number of halogens is 1. The number of hydrogen-bond acceptors (Lipinski definition) is 2. The van der Waals surface area contributed by atoms with Gasteiger partial charge in [0, 0.05) is 17.1 Å². The second-order valence-corrected chi connectivity index (χ2v) is 6.42. The molecule has 0 aliphatic heterocycles. The minimum atomic E-state index is 0.467. The van der Waals surface area contributed by atoms with Gasteiger partial charge in [-0.15, -0.1) is 0 Å². The lowest BCUT2D eigenvalue weighted by Crippen LogP contribution is -2.22. The Balaban J connectivity index is 1.99. The van der Waals surface area contributed by atoms with E-state index in [0.29, 0.717) is 12.6 Å². The van der Waals surface area contributed by atoms with E-state index in [0.717, 1.165) is 16.8 Å². The third-order valence-corrected chi connectivity index (χ3v) is 4.02. The van der Waals surface area contributed by atoms with Crippen LogP contribution in [0.25, 0.3) is 0 Å². The topological polar surface area (TPSA) is 21.3 Å². The van der Waals surface area contributed by atoms with Gasteiger partial charge >= 0.3 is 0 Å². The summed E-state index contributed by atoms with van der Waals surface area (Å²) in [6.45, 7) is 7.81. The predicted octanol–water partition coefficient (Wildman–Crippen LogP) is 4.83. The van der Waals surface area contributed by atoms with Crippen LogP contribution in [-0.2, 0) is 13.2 Å². The number of nitrogens with one attached hydrogen (secondary N) is 1. The first-order chi connectivity index (χ1) is 10.0. The van der Waals surface area contributed by atoms with E-state index >= 15 is 0 Å². The van der Waals surface area contributed by atoms with Crippen molar-refractivity contribution < 1.29 is 4.74 Å². The highest BCUT2D eigenvalue weighted by Gasteiger charge is 2.04. The zero-order chi connectivity index (χ0) is 15.2. The predicted molar refractivity (Wildman–Crippen MR) is 91.6 cm³/mol. The average molecular weight is 348 g/mol. The molecule has 0 aromatic heterocycles. The van der Waals surface area contributed by atoms with Gasteiger partial charge in [-0.05, 0) is 36.2 Å². The molecule has 0 fully saturated rings. The van der Waals surface area contributed by atoms with Crippen molar-refractivity contribution in [2.75, 3.05) is 0 Å². The Bertz CT molecular complexity index is 578. The summed E-state index contributed by atoms with van der Waals surface area (Å²) in [7, 11) is 0. The summed E-state index contributed by atoms with van der Waals surface area (Å²) < 4.78 is 7.00. The Morgan fingerprint density at radius 1 is 1.10 bits per heavy atom. The third-order valence-electron chi connectivity index (χ3n) is 3.24. The molecule has 0 unspecified atom stereocenters. The average Bonchev–Trinajstić information content (AvgIpc) is 2.46. The highest BCUT2D eigenvalue weighted by Crippen LogP contribution is 2.23. The second kappa shape index (κ2) is 7.62. The monoisotopic (exact) mass is 347 g/mol. The maximum absolute atomic E-state index is 5.89. The Hall–Kier alpha value is -1.32. The van der Waals surface area contributed by atoms with Gasteiger partial charge < -0.3 is 10.1 Å². The minimum Gasteiger partial charge on any atom is -0.489 e. The molecule has 0 atom stereocenters. The second-order valence-electron chi connectivity index (χ2n) is 5.56. The minimum absolute atomic E-state index is 0.467. The molecule has 0 aliphatic carbocycles. The Morgan fingerprint density at radius 2 is 1.81 bits per heavy atom. The summed E-state index contributed by atoms with van der Waals surface area (Å²) >= 11 is 3.59. The zero-order valence-electron chi connectivity index (χ0n) is 12.8. The maximum atomic E-state index is 5.89. The first-order valence-electron chi connectivity index (χ1n) is 7.25. The van der Waals surface area contributed by atoms with Crippen LogP contribution in [0.5, 0.6) is 5.75 Å². The van der Waals surface area contributed by atoms with Crippen molar-refractivity contribution in [1.82, 2.24) is 5.32 Å². The van der Waals surface area contributed by atoms with Gasteiger partial charge in [0.15, 0.2) is 0 Å². The molecule has 2 aromatic carbocycles. The van der Waals surface area contributed by atoms with E-state index < -0.39 is 0 Å². The summed E-state index contributed by atoms with van der Waals surface area (Å²) in [6, 6.07) is 15.0. The third kappa shape index (κ3) is 5.18. The van der Waals surface area contributed by atoms with Gasteiger partial charge in [0.05, 0.1) is 0 Å². The van der Waals surface area contributed by atoms with E-state index in [4.69, 9.17) is 4.74 Å². The number of aryl methyl sites for hydroxylation is 1. The van der Waals surface area contributed by atoms with Crippen molar-refractivity contribution in [3.8, 4) is 5.75 Å². The SMILES string of the molecule is Cc1ccc(COc2ccc(Br)c(CNC(C)C)c2)cc1. The van der Waals surface area contributed by atoms with Gasteiger partial charge in [-0.3, -0.25) is 0 Å². The summed E-state index contributed by atoms with van der Waals surface area (Å²) in [6.07, 6.45) is 0. The van der Waals surface area contributed by atoms with Crippen LogP contribution in [0, 0.1) is 6.92 Å². The molecule has 0 saturated carbocycles. The lowest BCUT2D eigenvalue weighted by atomic mass is 10.1. The van der Waals surface area contributed by atoms with Gasteiger partial charge in [-0.1, -0.05) is 59.6 Å². The van der Waals surface area contributed by atoms with Crippen LogP contribution in [0.2, 0.25) is 0 Å². The molecule has 0 amide bonds. The fraction of sp³-hybridized carbons (Fsp3) is 0.333. The summed E-state index contributed by atoms with van der Waals surface area (Å²) in [4.78, 5) is 0. The van der Waals surface area contributed by atoms with Crippen molar-refractivity contribution in [3.63, 3.8) is 0 Å². The lowest BCUT2D eigenvalue weighted by Gasteiger charge is -2.12. The quantitative estimate of drug-likeness (QED) is 0.807. The molecule has 0 radical (unpaired) electrons. The molecule has 1 N–H and O–H groups in total. The highest BCUT2D eigenvalue weighted by atomic mass is 79.9. The molecule has 21 heavy (non-hydrogen) atoms. The van der Waals surface area contributed by atoms with E-state index in [-0.39, 0.29) is 0 Å². The van der Waals surface area contributed by atoms with E-state index in [1.165, 1.54) is 16.7 Å². The molecule has 0 spiro atoms. The molecule has 3 heteroatoms. The molecule has 0 heterocycles. The number of ether oxygens (including phenoxy) is 1. The summed E-state index contributed by atoms with van der Waals surface area (Å²) in [5, 5.41) is 3.42. The molecule has 2 nitrogen and oxygen atoms in total. The van der Waals surface area contributed by atoms with E-state index in [9.17, 15) is 0 Å². The van der Waals surface area contributed by atoms with E-state index in [1.54, 1.807) is 0 Å². The largest absolute Gasteiger partial charge is 0.489 e. The van der Waals surface area contributed by atoms with Crippen molar-refractivity contribution in [1.29, 1.82) is 0 Å². The number of hydrogen-bond donors (Lipinski definition) is 1. The van der Waals surface area contributed by atoms with Gasteiger partial charge in [-0.25, -0.2) is 0 Å². The Kier molecular flexibility index (Phi) is 5.83. The van der Waals surface area contributed by atoms with Crippen LogP contribution < -0.4 is 10.1 Å². The molecule has 2 aromatic rings. The molecule has 0 saturated heterocycles. The van der Waals surface area contributed by atoms with Crippen LogP contribution in [0.1, 0.15) is 30.5 Å². The fourth-order valence-electron chi connectivity index (χ4n) is 1.94. The molecule has 112 valence electrons. The molecule has 0 bridgehead atoms. The first-order valence-corrected chi connectivity index (χ1v) is 8.04. The molecule has 0 aliphatic rings. The highest BCUT2D eigenvalue weighted by molar-refractivity contribution is 9.10. The summed E-state index contributed by atoms with van der Waals surface area (Å²) in [5.41, 5.74) is 3.67. The lowest BCUT2D eigenvalue weighted by molar-refractivity contribution is 0.305. The normalized spacial score (nSPS) is 10.9. The van der Waals surface area contributed by atoms with Crippen LogP contribution in [-0.4, -0.2) is 6.04 Å². The first kappa shape index (κ1) is 16.1. The van der Waals surface area contributed by atoms with Crippen LogP contribution in [0.15, 0.2) is 46.9 Å². The van der Waals surface area contributed by atoms with Crippen LogP contribution in [0.3, 0.4) is 0 Å². The van der Waals surface area contributed by atoms with Crippen molar-refractivity contribution in [2.24, 2.45) is 0 Å². The number of benzene rings is 2. The molecular formula is C18H22BrNO. The standard InChI is InChI=1S/C18H22BrNO/c1-13(2)20-11-16-10-17(8-9-18(16)19)21-12-15-6-4-14(3)5-7-15/h4-10,13,20H,11-12H2,1-3H3. The van der Waals surface area contributed by atoms with Gasteiger partial charge in [0.2, 0.25) is 0 Å². The van der Waals surface area contributed by atoms with Gasteiger partial charge in [0.25, 0.3) is 0 Å². The van der Waals surface area contributed by atoms with Crippen molar-refractivity contribution in [3.05, 3.63) is 63.6 Å². The smallest absolute Gasteiger partial charge is 0.120 e. The Labute approximate surface area is 135 Å². The summed E-state index contributed by atoms with van der Waals surface area (Å²) in [5.74, 6) is 0.902. The number of rotatable bonds is 6. The van der Waals surface area contributed by atoms with E-state index in [1.807, 2.05) is 12.1 Å². The fourth-order valence-corrected chi connectivity index (χ4v) is 2.33. The van der Waals surface area contributed by atoms with Crippen LogP contribution >= 0.6 is 15.9 Å². The maximum Gasteiger partial charge on any atom is 0.120 e. The molecule has 2 rings (SSSR count). The zero-order valence-corrected chi connectivity index (χ0v) is 14.4. The van der Waals surface area contributed by atoms with Crippen molar-refractivity contribution in [2.45, 2.75) is 40.0 Å². The van der Waals surface area contributed by atoms with Gasteiger partial charge in [0.1, 0.15) is 12.4 Å². The van der Waals surface area contributed by atoms with Crippen LogP contribution in [0.4, 0.5) is 0 Å². The van der Waals surface area contributed by atoms with Crippen molar-refractivity contribution >= 4 is 15.9 Å². The van der Waals surface area contributed by atoms with E-state index in [2.05, 4.69) is 72.3 Å². The Morgan fingerprint density at radius 3 is 2.48 bits per heavy atom.